The first-order valence-electron chi connectivity index (χ1n) is 7.91. The molecule has 0 spiro atoms. The van der Waals surface area contributed by atoms with Crippen molar-refractivity contribution < 1.29 is 14.3 Å². The summed E-state index contributed by atoms with van der Waals surface area (Å²) in [5.41, 5.74) is -0.897. The molecule has 4 heteroatoms. The average molecular weight is 289 g/mol. The number of ketones is 1. The van der Waals surface area contributed by atoms with Crippen molar-refractivity contribution in [1.29, 1.82) is 0 Å². The topological polar surface area (TPSA) is 35.5 Å². The van der Waals surface area contributed by atoms with E-state index in [1.165, 1.54) is 32.1 Å². The van der Waals surface area contributed by atoms with Crippen LogP contribution in [0.4, 0.5) is 0 Å². The Kier molecular flexibility index (Phi) is 11.5. The van der Waals surface area contributed by atoms with Crippen LogP contribution >= 0.6 is 0 Å². The maximum Gasteiger partial charge on any atom is 0.198 e. The van der Waals surface area contributed by atoms with E-state index < -0.39 is 5.41 Å². The third kappa shape index (κ3) is 8.55. The van der Waals surface area contributed by atoms with E-state index in [2.05, 4.69) is 6.92 Å². The first kappa shape index (κ1) is 18.8. The highest BCUT2D eigenvalue weighted by molar-refractivity contribution is 6.26. The standard InChI is InChI=1S/C15H32O3Si/c1-4-7-8-9-10-11-12-13-14(16)15(19,17-5-2)18-6-3/h4-13H2,1-3,19H3. The molecule has 0 aromatic heterocycles. The summed E-state index contributed by atoms with van der Waals surface area (Å²) in [6.07, 6.45) is 9.18. The predicted molar refractivity (Wildman–Crippen MR) is 83.5 cm³/mol. The van der Waals surface area contributed by atoms with Crippen LogP contribution in [0, 0.1) is 0 Å². The molecule has 0 aliphatic carbocycles. The van der Waals surface area contributed by atoms with E-state index in [0.717, 1.165) is 12.8 Å². The molecule has 0 fully saturated rings. The molecule has 0 N–H and O–H groups in total. The van der Waals surface area contributed by atoms with Crippen molar-refractivity contribution in [2.45, 2.75) is 77.5 Å². The monoisotopic (exact) mass is 288 g/mol. The molecule has 19 heavy (non-hydrogen) atoms. The van der Waals surface area contributed by atoms with Gasteiger partial charge >= 0.3 is 0 Å². The maximum absolute atomic E-state index is 12.2. The number of carbonyl (C=O) groups is 1. The Bertz CT molecular complexity index is 225. The summed E-state index contributed by atoms with van der Waals surface area (Å²) >= 11 is 0. The zero-order valence-electron chi connectivity index (χ0n) is 13.3. The Morgan fingerprint density at radius 3 is 1.84 bits per heavy atom. The Morgan fingerprint density at radius 2 is 1.37 bits per heavy atom. The van der Waals surface area contributed by atoms with Gasteiger partial charge in [-0.25, -0.2) is 0 Å². The zero-order valence-corrected chi connectivity index (χ0v) is 15.3. The number of hydrogen-bond donors (Lipinski definition) is 0. The summed E-state index contributed by atoms with van der Waals surface area (Å²) in [7, 11) is 0.598. The molecule has 0 atom stereocenters. The number of unbranched alkanes of at least 4 members (excludes halogenated alkanes) is 6. The van der Waals surface area contributed by atoms with E-state index in [4.69, 9.17) is 9.47 Å². The SMILES string of the molecule is CCCCCCCCCC(=O)C([SiH3])(OCC)OCC. The summed E-state index contributed by atoms with van der Waals surface area (Å²) in [6.45, 7) is 7.11. The number of rotatable bonds is 13. The summed E-state index contributed by atoms with van der Waals surface area (Å²) in [4.78, 5) is 12.2. The molecule has 0 heterocycles. The molecular formula is C15H32O3Si. The number of hydrogen-bond acceptors (Lipinski definition) is 3. The van der Waals surface area contributed by atoms with E-state index in [-0.39, 0.29) is 5.78 Å². The van der Waals surface area contributed by atoms with Gasteiger partial charge in [-0.3, -0.25) is 4.79 Å². The fourth-order valence-electron chi connectivity index (χ4n) is 2.22. The van der Waals surface area contributed by atoms with E-state index in [0.29, 0.717) is 29.9 Å². The van der Waals surface area contributed by atoms with Crippen LogP contribution in [0.1, 0.15) is 72.1 Å². The van der Waals surface area contributed by atoms with Crippen LogP contribution in [0.3, 0.4) is 0 Å². The highest BCUT2D eigenvalue weighted by Gasteiger charge is 2.32. The Hall–Kier alpha value is -0.193. The van der Waals surface area contributed by atoms with Crippen molar-refractivity contribution in [2.24, 2.45) is 0 Å². The number of Topliss-reactive ketones (excluding diaryl/α,β-unsaturated/α-hetero) is 1. The smallest absolute Gasteiger partial charge is 0.198 e. The molecule has 0 radical (unpaired) electrons. The van der Waals surface area contributed by atoms with Crippen LogP contribution in [-0.2, 0) is 14.3 Å². The van der Waals surface area contributed by atoms with Crippen LogP contribution < -0.4 is 0 Å². The minimum Gasteiger partial charge on any atom is -0.348 e. The lowest BCUT2D eigenvalue weighted by Gasteiger charge is -2.28. The van der Waals surface area contributed by atoms with Gasteiger partial charge in [0, 0.05) is 19.6 Å². The summed E-state index contributed by atoms with van der Waals surface area (Å²) in [5, 5.41) is 0. The maximum atomic E-state index is 12.2. The lowest BCUT2D eigenvalue weighted by Crippen LogP contribution is -2.45. The molecule has 0 unspecified atom stereocenters. The Morgan fingerprint density at radius 1 is 0.895 bits per heavy atom. The van der Waals surface area contributed by atoms with Crippen LogP contribution in [0.5, 0.6) is 0 Å². The molecule has 0 rings (SSSR count). The van der Waals surface area contributed by atoms with Crippen LogP contribution in [0.2, 0.25) is 0 Å². The van der Waals surface area contributed by atoms with Gasteiger partial charge in [0.1, 0.15) is 0 Å². The summed E-state index contributed by atoms with van der Waals surface area (Å²) < 4.78 is 11.1. The first-order chi connectivity index (χ1) is 9.10. The van der Waals surface area contributed by atoms with Gasteiger partial charge in [0.2, 0.25) is 0 Å². The average Bonchev–Trinajstić information content (AvgIpc) is 2.38. The van der Waals surface area contributed by atoms with Crippen LogP contribution in [0.25, 0.3) is 0 Å². The second kappa shape index (κ2) is 11.6. The van der Waals surface area contributed by atoms with Crippen LogP contribution in [-0.4, -0.2) is 34.6 Å². The fraction of sp³-hybridized carbons (Fsp3) is 0.933. The molecule has 0 aliphatic rings. The molecule has 0 bridgehead atoms. The molecular weight excluding hydrogens is 256 g/mol. The van der Waals surface area contributed by atoms with Crippen molar-refractivity contribution in [1.82, 2.24) is 0 Å². The van der Waals surface area contributed by atoms with Crippen molar-refractivity contribution in [3.05, 3.63) is 0 Å². The van der Waals surface area contributed by atoms with Crippen molar-refractivity contribution >= 4 is 16.0 Å². The molecule has 0 aromatic rings. The second-order valence-electron chi connectivity index (χ2n) is 5.11. The first-order valence-corrected chi connectivity index (χ1v) is 8.91. The molecule has 0 saturated carbocycles. The fourth-order valence-corrected chi connectivity index (χ4v) is 3.05. The molecule has 3 nitrogen and oxygen atoms in total. The highest BCUT2D eigenvalue weighted by atomic mass is 28.1. The van der Waals surface area contributed by atoms with E-state index in [1.807, 2.05) is 13.8 Å². The molecule has 0 amide bonds. The lowest BCUT2D eigenvalue weighted by atomic mass is 10.1. The van der Waals surface area contributed by atoms with Gasteiger partial charge in [-0.1, -0.05) is 45.4 Å². The molecule has 0 aliphatic heterocycles. The predicted octanol–water partition coefficient (Wildman–Crippen LogP) is 2.79. The van der Waals surface area contributed by atoms with Gasteiger partial charge in [-0.2, -0.15) is 0 Å². The quantitative estimate of drug-likeness (QED) is 0.297. The van der Waals surface area contributed by atoms with Gasteiger partial charge in [-0.15, -0.1) is 0 Å². The summed E-state index contributed by atoms with van der Waals surface area (Å²) in [6, 6.07) is 0. The van der Waals surface area contributed by atoms with E-state index in [1.54, 1.807) is 0 Å². The van der Waals surface area contributed by atoms with Gasteiger partial charge in [0.15, 0.2) is 11.2 Å². The lowest BCUT2D eigenvalue weighted by molar-refractivity contribution is -0.186. The molecule has 0 aromatic carbocycles. The number of ether oxygens (including phenoxy) is 2. The summed E-state index contributed by atoms with van der Waals surface area (Å²) in [5.74, 6) is 0.136. The van der Waals surface area contributed by atoms with Crippen molar-refractivity contribution in [3.63, 3.8) is 0 Å². The number of carbonyl (C=O) groups excluding carboxylic acids is 1. The third-order valence-electron chi connectivity index (χ3n) is 3.35. The minimum absolute atomic E-state index is 0.136. The normalized spacial score (nSPS) is 11.9. The highest BCUT2D eigenvalue weighted by Crippen LogP contribution is 2.16. The molecule has 0 saturated heterocycles. The molecule has 114 valence electrons. The van der Waals surface area contributed by atoms with Gasteiger partial charge in [0.25, 0.3) is 0 Å². The third-order valence-corrected chi connectivity index (χ3v) is 4.49. The van der Waals surface area contributed by atoms with Gasteiger partial charge in [0.05, 0.1) is 10.2 Å². The van der Waals surface area contributed by atoms with Crippen molar-refractivity contribution in [3.8, 4) is 0 Å². The second-order valence-corrected chi connectivity index (χ2v) is 6.42. The largest absolute Gasteiger partial charge is 0.348 e. The minimum atomic E-state index is -0.897. The van der Waals surface area contributed by atoms with Gasteiger partial charge < -0.3 is 9.47 Å². The van der Waals surface area contributed by atoms with E-state index in [9.17, 15) is 4.79 Å². The van der Waals surface area contributed by atoms with Crippen LogP contribution in [0.15, 0.2) is 0 Å². The van der Waals surface area contributed by atoms with Crippen molar-refractivity contribution in [2.75, 3.05) is 13.2 Å². The Labute approximate surface area is 121 Å². The van der Waals surface area contributed by atoms with Gasteiger partial charge in [-0.05, 0) is 20.3 Å². The Balaban J connectivity index is 3.81. The zero-order chi connectivity index (χ0) is 14.6. The van der Waals surface area contributed by atoms with E-state index >= 15 is 0 Å².